The standard InChI is InChI=1S/C17H26N2O2/c1-12-4-3-5-15(10-12)13(2)11-19-17(20)16(18)14-6-8-21-9-7-14/h3-5,10,13-14,16H,6-9,11,18H2,1-2H3,(H,19,20). The van der Waals surface area contributed by atoms with Crippen LogP contribution in [0.4, 0.5) is 0 Å². The molecule has 0 saturated carbocycles. The molecular weight excluding hydrogens is 264 g/mol. The van der Waals surface area contributed by atoms with Crippen molar-refractivity contribution in [2.75, 3.05) is 19.8 Å². The topological polar surface area (TPSA) is 64.4 Å². The van der Waals surface area contributed by atoms with Gasteiger partial charge in [-0.05, 0) is 37.2 Å². The minimum atomic E-state index is -0.418. The number of benzene rings is 1. The first kappa shape index (κ1) is 16.0. The zero-order chi connectivity index (χ0) is 15.2. The summed E-state index contributed by atoms with van der Waals surface area (Å²) in [6.45, 7) is 6.25. The molecule has 2 rings (SSSR count). The van der Waals surface area contributed by atoms with Crippen molar-refractivity contribution in [1.29, 1.82) is 0 Å². The van der Waals surface area contributed by atoms with Gasteiger partial charge in [-0.2, -0.15) is 0 Å². The second-order valence-corrected chi connectivity index (χ2v) is 6.04. The van der Waals surface area contributed by atoms with Crippen molar-refractivity contribution in [3.05, 3.63) is 35.4 Å². The maximum atomic E-state index is 12.2. The Hall–Kier alpha value is -1.39. The lowest BCUT2D eigenvalue weighted by atomic mass is 9.91. The van der Waals surface area contributed by atoms with Gasteiger partial charge in [0.1, 0.15) is 0 Å². The van der Waals surface area contributed by atoms with Crippen molar-refractivity contribution in [1.82, 2.24) is 5.32 Å². The molecule has 0 radical (unpaired) electrons. The van der Waals surface area contributed by atoms with Gasteiger partial charge in [-0.1, -0.05) is 36.8 Å². The van der Waals surface area contributed by atoms with Crippen molar-refractivity contribution in [2.24, 2.45) is 11.7 Å². The summed E-state index contributed by atoms with van der Waals surface area (Å²) in [5.74, 6) is 0.491. The zero-order valence-electron chi connectivity index (χ0n) is 13.0. The molecule has 1 amide bonds. The predicted molar refractivity (Wildman–Crippen MR) is 84.1 cm³/mol. The molecule has 0 spiro atoms. The van der Waals surface area contributed by atoms with Crippen molar-refractivity contribution in [2.45, 2.75) is 38.6 Å². The predicted octanol–water partition coefficient (Wildman–Crippen LogP) is 1.97. The smallest absolute Gasteiger partial charge is 0.237 e. The van der Waals surface area contributed by atoms with E-state index < -0.39 is 6.04 Å². The molecule has 1 saturated heterocycles. The molecule has 1 fully saturated rings. The summed E-state index contributed by atoms with van der Waals surface area (Å²) in [6, 6.07) is 7.97. The molecule has 1 aliphatic rings. The molecule has 0 aliphatic carbocycles. The maximum Gasteiger partial charge on any atom is 0.237 e. The van der Waals surface area contributed by atoms with E-state index in [-0.39, 0.29) is 17.7 Å². The quantitative estimate of drug-likeness (QED) is 0.871. The number of amides is 1. The fourth-order valence-corrected chi connectivity index (χ4v) is 2.76. The first-order chi connectivity index (χ1) is 10.1. The van der Waals surface area contributed by atoms with E-state index in [1.165, 1.54) is 11.1 Å². The molecule has 4 heteroatoms. The highest BCUT2D eigenvalue weighted by molar-refractivity contribution is 5.81. The molecule has 1 aromatic rings. The lowest BCUT2D eigenvalue weighted by Crippen LogP contribution is -2.47. The van der Waals surface area contributed by atoms with Crippen LogP contribution in [0.3, 0.4) is 0 Å². The number of aryl methyl sites for hydroxylation is 1. The van der Waals surface area contributed by atoms with Crippen LogP contribution in [-0.4, -0.2) is 31.7 Å². The molecule has 21 heavy (non-hydrogen) atoms. The Morgan fingerprint density at radius 3 is 2.81 bits per heavy atom. The van der Waals surface area contributed by atoms with Crippen LogP contribution in [0.15, 0.2) is 24.3 Å². The van der Waals surface area contributed by atoms with Crippen LogP contribution in [0.25, 0.3) is 0 Å². The fourth-order valence-electron chi connectivity index (χ4n) is 2.76. The lowest BCUT2D eigenvalue weighted by Gasteiger charge is -2.27. The SMILES string of the molecule is Cc1cccc(C(C)CNC(=O)C(N)C2CCOCC2)c1. The number of carbonyl (C=O) groups excluding carboxylic acids is 1. The Labute approximate surface area is 127 Å². The molecule has 2 unspecified atom stereocenters. The van der Waals surface area contributed by atoms with Crippen LogP contribution in [0, 0.1) is 12.8 Å². The third-order valence-electron chi connectivity index (χ3n) is 4.27. The van der Waals surface area contributed by atoms with E-state index in [9.17, 15) is 4.79 Å². The average Bonchev–Trinajstić information content (AvgIpc) is 2.52. The number of hydrogen-bond acceptors (Lipinski definition) is 3. The maximum absolute atomic E-state index is 12.2. The normalized spacial score (nSPS) is 19.0. The van der Waals surface area contributed by atoms with E-state index in [0.717, 1.165) is 12.8 Å². The van der Waals surface area contributed by atoms with Gasteiger partial charge in [0.25, 0.3) is 0 Å². The van der Waals surface area contributed by atoms with Gasteiger partial charge in [-0.3, -0.25) is 4.79 Å². The summed E-state index contributed by atoms with van der Waals surface area (Å²) in [6.07, 6.45) is 1.75. The van der Waals surface area contributed by atoms with Gasteiger partial charge in [-0.25, -0.2) is 0 Å². The number of carbonyl (C=O) groups is 1. The van der Waals surface area contributed by atoms with Crippen molar-refractivity contribution in [3.8, 4) is 0 Å². The fraction of sp³-hybridized carbons (Fsp3) is 0.588. The zero-order valence-corrected chi connectivity index (χ0v) is 13.0. The van der Waals surface area contributed by atoms with Gasteiger partial charge in [0.15, 0.2) is 0 Å². The molecule has 1 aliphatic heterocycles. The summed E-state index contributed by atoms with van der Waals surface area (Å²) >= 11 is 0. The summed E-state index contributed by atoms with van der Waals surface area (Å²) in [5.41, 5.74) is 8.56. The van der Waals surface area contributed by atoms with Crippen molar-refractivity contribution < 1.29 is 9.53 Å². The molecule has 3 N–H and O–H groups in total. The monoisotopic (exact) mass is 290 g/mol. The van der Waals surface area contributed by atoms with Crippen LogP contribution < -0.4 is 11.1 Å². The lowest BCUT2D eigenvalue weighted by molar-refractivity contribution is -0.124. The third kappa shape index (κ3) is 4.55. The number of ether oxygens (including phenoxy) is 1. The number of rotatable bonds is 5. The van der Waals surface area contributed by atoms with Gasteiger partial charge >= 0.3 is 0 Å². The first-order valence-electron chi connectivity index (χ1n) is 7.75. The van der Waals surface area contributed by atoms with Crippen LogP contribution in [-0.2, 0) is 9.53 Å². The summed E-state index contributed by atoms with van der Waals surface area (Å²) in [4.78, 5) is 12.2. The third-order valence-corrected chi connectivity index (χ3v) is 4.27. The minimum Gasteiger partial charge on any atom is -0.381 e. The molecule has 4 nitrogen and oxygen atoms in total. The second kappa shape index (κ2) is 7.57. The summed E-state index contributed by atoms with van der Waals surface area (Å²) < 4.78 is 5.31. The second-order valence-electron chi connectivity index (χ2n) is 6.04. The first-order valence-corrected chi connectivity index (χ1v) is 7.75. The molecule has 116 valence electrons. The van der Waals surface area contributed by atoms with Crippen LogP contribution in [0.2, 0.25) is 0 Å². The van der Waals surface area contributed by atoms with Gasteiger partial charge in [0, 0.05) is 19.8 Å². The van der Waals surface area contributed by atoms with Crippen molar-refractivity contribution >= 4 is 5.91 Å². The number of nitrogens with one attached hydrogen (secondary N) is 1. The number of nitrogens with two attached hydrogens (primary N) is 1. The highest BCUT2D eigenvalue weighted by Gasteiger charge is 2.26. The highest BCUT2D eigenvalue weighted by Crippen LogP contribution is 2.18. The Morgan fingerprint density at radius 2 is 2.14 bits per heavy atom. The Bertz CT molecular complexity index is 470. The van der Waals surface area contributed by atoms with E-state index >= 15 is 0 Å². The van der Waals surface area contributed by atoms with Gasteiger partial charge in [0.05, 0.1) is 6.04 Å². The van der Waals surface area contributed by atoms with Crippen LogP contribution >= 0.6 is 0 Å². The highest BCUT2D eigenvalue weighted by atomic mass is 16.5. The summed E-state index contributed by atoms with van der Waals surface area (Å²) in [5, 5.41) is 2.99. The average molecular weight is 290 g/mol. The Kier molecular flexibility index (Phi) is 5.76. The van der Waals surface area contributed by atoms with E-state index in [1.54, 1.807) is 0 Å². The number of hydrogen-bond donors (Lipinski definition) is 2. The van der Waals surface area contributed by atoms with E-state index in [4.69, 9.17) is 10.5 Å². The van der Waals surface area contributed by atoms with E-state index in [1.807, 2.05) is 0 Å². The Balaban J connectivity index is 1.82. The Morgan fingerprint density at radius 1 is 1.43 bits per heavy atom. The minimum absolute atomic E-state index is 0.0404. The van der Waals surface area contributed by atoms with E-state index in [2.05, 4.69) is 43.4 Å². The molecular formula is C17H26N2O2. The molecule has 0 aromatic heterocycles. The van der Waals surface area contributed by atoms with Gasteiger partial charge < -0.3 is 15.8 Å². The van der Waals surface area contributed by atoms with Crippen LogP contribution in [0.5, 0.6) is 0 Å². The summed E-state index contributed by atoms with van der Waals surface area (Å²) in [7, 11) is 0. The van der Waals surface area contributed by atoms with E-state index in [0.29, 0.717) is 19.8 Å². The van der Waals surface area contributed by atoms with Gasteiger partial charge in [-0.15, -0.1) is 0 Å². The van der Waals surface area contributed by atoms with Crippen LogP contribution in [0.1, 0.15) is 36.8 Å². The largest absolute Gasteiger partial charge is 0.381 e. The molecule has 0 bridgehead atoms. The van der Waals surface area contributed by atoms with Gasteiger partial charge in [0.2, 0.25) is 5.91 Å². The molecule has 2 atom stereocenters. The van der Waals surface area contributed by atoms with Crippen molar-refractivity contribution in [3.63, 3.8) is 0 Å². The molecule has 1 heterocycles. The molecule has 1 aromatic carbocycles.